The van der Waals surface area contributed by atoms with Gasteiger partial charge in [0, 0.05) is 20.3 Å². The minimum absolute atomic E-state index is 0.00830. The van der Waals surface area contributed by atoms with Crippen LogP contribution in [0.15, 0.2) is 59.6 Å². The molecule has 0 N–H and O–H groups in total. The van der Waals surface area contributed by atoms with Crippen LogP contribution in [0.1, 0.15) is 5.56 Å². The predicted molar refractivity (Wildman–Crippen MR) is 132 cm³/mol. The summed E-state index contributed by atoms with van der Waals surface area (Å²) in [5.74, 6) is -0.0400. The highest BCUT2D eigenvalue weighted by atomic mass is 35.5. The average molecular weight is 530 g/mol. The van der Waals surface area contributed by atoms with Gasteiger partial charge in [-0.15, -0.1) is 5.10 Å². The Balaban J connectivity index is 1.55. The fraction of sp³-hybridized carbons (Fsp3) is 0.136. The largest absolute Gasteiger partial charge is 0.470 e. The van der Waals surface area contributed by atoms with Gasteiger partial charge in [0.1, 0.15) is 22.5 Å². The van der Waals surface area contributed by atoms with E-state index >= 15 is 0 Å². The molecule has 13 heteroatoms. The Labute approximate surface area is 210 Å². The van der Waals surface area contributed by atoms with Crippen molar-refractivity contribution in [2.24, 2.45) is 7.05 Å². The van der Waals surface area contributed by atoms with E-state index in [0.717, 1.165) is 15.4 Å². The van der Waals surface area contributed by atoms with Crippen LogP contribution in [0, 0.1) is 0 Å². The second kappa shape index (κ2) is 8.91. The molecule has 2 aromatic carbocycles. The third kappa shape index (κ3) is 4.22. The third-order valence-corrected chi connectivity index (χ3v) is 8.02. The second-order valence-electron chi connectivity index (χ2n) is 7.55. The molecule has 0 unspecified atom stereocenters. The molecule has 0 radical (unpaired) electrons. The van der Waals surface area contributed by atoms with Gasteiger partial charge in [-0.3, -0.25) is 0 Å². The van der Waals surface area contributed by atoms with Crippen LogP contribution in [0.3, 0.4) is 0 Å². The Hall–Kier alpha value is -3.54. The highest BCUT2D eigenvalue weighted by molar-refractivity contribution is 7.93. The van der Waals surface area contributed by atoms with Gasteiger partial charge in [-0.2, -0.15) is 0 Å². The molecule has 0 atom stereocenters. The van der Waals surface area contributed by atoms with Crippen LogP contribution < -0.4 is 9.04 Å². The SMILES string of the molecule is CN(c1nc2ncccc2nc1OCc1ccc2c(c1)nnn2C)S(=O)(=O)c1cccc(Cl)c1Cl. The number of rotatable bonds is 6. The number of aryl methyl sites for hydroxylation is 1. The number of fused-ring (bicyclic) bond motifs is 2. The van der Waals surface area contributed by atoms with E-state index in [2.05, 4.69) is 25.3 Å². The Bertz CT molecular complexity index is 1690. The van der Waals surface area contributed by atoms with E-state index in [0.29, 0.717) is 11.0 Å². The molecule has 0 aliphatic carbocycles. The topological polar surface area (TPSA) is 116 Å². The first-order chi connectivity index (χ1) is 16.8. The van der Waals surface area contributed by atoms with Gasteiger partial charge >= 0.3 is 0 Å². The highest BCUT2D eigenvalue weighted by Crippen LogP contribution is 2.35. The zero-order chi connectivity index (χ0) is 24.7. The van der Waals surface area contributed by atoms with E-state index in [1.807, 2.05) is 18.2 Å². The first-order valence-corrected chi connectivity index (χ1v) is 12.4. The first-order valence-electron chi connectivity index (χ1n) is 10.2. The average Bonchev–Trinajstić information content (AvgIpc) is 3.23. The molecule has 10 nitrogen and oxygen atoms in total. The molecule has 0 saturated carbocycles. The predicted octanol–water partition coefficient (Wildman–Crippen LogP) is 4.02. The van der Waals surface area contributed by atoms with Crippen LogP contribution in [-0.2, 0) is 23.7 Å². The zero-order valence-corrected chi connectivity index (χ0v) is 20.8. The summed E-state index contributed by atoms with van der Waals surface area (Å²) in [5.41, 5.74) is 3.07. The van der Waals surface area contributed by atoms with Gasteiger partial charge in [0.2, 0.25) is 5.82 Å². The number of benzene rings is 2. The monoisotopic (exact) mass is 529 g/mol. The molecule has 0 saturated heterocycles. The molecule has 3 heterocycles. The summed E-state index contributed by atoms with van der Waals surface area (Å²) in [7, 11) is -1.02. The molecule has 178 valence electrons. The van der Waals surface area contributed by atoms with E-state index < -0.39 is 10.0 Å². The third-order valence-electron chi connectivity index (χ3n) is 5.29. The molecule has 0 fully saturated rings. The van der Waals surface area contributed by atoms with Crippen molar-refractivity contribution in [3.05, 3.63) is 70.3 Å². The summed E-state index contributed by atoms with van der Waals surface area (Å²) in [6.45, 7) is 0.0891. The van der Waals surface area contributed by atoms with Crippen LogP contribution in [-0.4, -0.2) is 45.4 Å². The van der Waals surface area contributed by atoms with E-state index in [-0.39, 0.29) is 38.9 Å². The van der Waals surface area contributed by atoms with E-state index in [1.165, 1.54) is 25.2 Å². The molecule has 5 aromatic rings. The number of halogens is 2. The molecular formula is C22H17Cl2N7O3S. The maximum absolute atomic E-state index is 13.4. The van der Waals surface area contributed by atoms with E-state index in [4.69, 9.17) is 27.9 Å². The number of hydrogen-bond donors (Lipinski definition) is 0. The van der Waals surface area contributed by atoms with Gasteiger partial charge < -0.3 is 4.74 Å². The van der Waals surface area contributed by atoms with E-state index in [9.17, 15) is 8.42 Å². The number of ether oxygens (including phenoxy) is 1. The maximum atomic E-state index is 13.4. The zero-order valence-electron chi connectivity index (χ0n) is 18.4. The normalized spacial score (nSPS) is 11.8. The van der Waals surface area contributed by atoms with Crippen molar-refractivity contribution in [3.8, 4) is 5.88 Å². The van der Waals surface area contributed by atoms with Gasteiger partial charge in [-0.25, -0.2) is 32.4 Å². The van der Waals surface area contributed by atoms with Gasteiger partial charge in [0.05, 0.1) is 15.6 Å². The Morgan fingerprint density at radius 3 is 2.71 bits per heavy atom. The van der Waals surface area contributed by atoms with Crippen LogP contribution in [0.4, 0.5) is 5.82 Å². The smallest absolute Gasteiger partial charge is 0.266 e. The standard InChI is InChI=1S/C22H17Cl2N7O3S/c1-30-17-9-8-13(11-16(17)28-29-30)12-34-22-21(27-20-15(26-22)6-4-10-25-20)31(2)35(32,33)18-7-3-5-14(23)19(18)24/h3-11H,12H2,1-2H3. The van der Waals surface area contributed by atoms with Crippen molar-refractivity contribution in [3.63, 3.8) is 0 Å². The summed E-state index contributed by atoms with van der Waals surface area (Å²) in [6, 6.07) is 13.4. The van der Waals surface area contributed by atoms with Crippen LogP contribution in [0.2, 0.25) is 10.0 Å². The molecule has 0 spiro atoms. The lowest BCUT2D eigenvalue weighted by molar-refractivity contribution is 0.295. The summed E-state index contributed by atoms with van der Waals surface area (Å²) < 4.78 is 35.5. The lowest BCUT2D eigenvalue weighted by atomic mass is 10.2. The Morgan fingerprint density at radius 2 is 1.89 bits per heavy atom. The minimum Gasteiger partial charge on any atom is -0.470 e. The summed E-state index contributed by atoms with van der Waals surface area (Å²) in [6.07, 6.45) is 1.54. The summed E-state index contributed by atoms with van der Waals surface area (Å²) in [5, 5.41) is 8.13. The molecule has 35 heavy (non-hydrogen) atoms. The summed E-state index contributed by atoms with van der Waals surface area (Å²) in [4.78, 5) is 12.9. The van der Waals surface area contributed by atoms with Gasteiger partial charge in [0.15, 0.2) is 5.65 Å². The van der Waals surface area contributed by atoms with Crippen molar-refractivity contribution in [1.29, 1.82) is 0 Å². The van der Waals surface area contributed by atoms with Crippen molar-refractivity contribution in [2.75, 3.05) is 11.4 Å². The quantitative estimate of drug-likeness (QED) is 0.323. The number of nitrogens with zero attached hydrogens (tertiary/aromatic N) is 7. The fourth-order valence-electron chi connectivity index (χ4n) is 3.44. The first kappa shape index (κ1) is 23.2. The van der Waals surface area contributed by atoms with Crippen molar-refractivity contribution < 1.29 is 13.2 Å². The minimum atomic E-state index is -4.16. The highest BCUT2D eigenvalue weighted by Gasteiger charge is 2.29. The van der Waals surface area contributed by atoms with Crippen molar-refractivity contribution in [1.82, 2.24) is 29.9 Å². The number of sulfonamides is 1. The Kier molecular flexibility index (Phi) is 5.91. The molecule has 3 aromatic heterocycles. The van der Waals surface area contributed by atoms with Crippen molar-refractivity contribution >= 4 is 61.2 Å². The van der Waals surface area contributed by atoms with E-state index in [1.54, 1.807) is 30.1 Å². The molecular weight excluding hydrogens is 513 g/mol. The van der Waals surface area contributed by atoms with Crippen LogP contribution in [0.5, 0.6) is 5.88 Å². The van der Waals surface area contributed by atoms with Gasteiger partial charge in [-0.1, -0.05) is 40.5 Å². The molecule has 5 rings (SSSR count). The molecule has 0 aliphatic rings. The molecule has 0 aliphatic heterocycles. The van der Waals surface area contributed by atoms with Crippen LogP contribution >= 0.6 is 23.2 Å². The molecule has 0 amide bonds. The molecule has 0 bridgehead atoms. The number of hydrogen-bond acceptors (Lipinski definition) is 8. The lowest BCUT2D eigenvalue weighted by Crippen LogP contribution is -2.28. The Morgan fingerprint density at radius 1 is 1.06 bits per heavy atom. The van der Waals surface area contributed by atoms with Gasteiger partial charge in [0.25, 0.3) is 15.9 Å². The van der Waals surface area contributed by atoms with Crippen molar-refractivity contribution in [2.45, 2.75) is 11.5 Å². The fourth-order valence-corrected chi connectivity index (χ4v) is 5.32. The van der Waals surface area contributed by atoms with Crippen LogP contribution in [0.25, 0.3) is 22.2 Å². The maximum Gasteiger partial charge on any atom is 0.266 e. The number of pyridine rings is 1. The summed E-state index contributed by atoms with van der Waals surface area (Å²) >= 11 is 12.3. The number of anilines is 1. The second-order valence-corrected chi connectivity index (χ2v) is 10.3. The number of aromatic nitrogens is 6. The lowest BCUT2D eigenvalue weighted by Gasteiger charge is -2.21. The van der Waals surface area contributed by atoms with Gasteiger partial charge in [-0.05, 0) is 42.0 Å².